The molecule has 1 saturated carbocycles. The normalized spacial score (nSPS) is 15.1. The summed E-state index contributed by atoms with van der Waals surface area (Å²) in [4.78, 5) is 45.9. The van der Waals surface area contributed by atoms with Gasteiger partial charge in [0.1, 0.15) is 17.9 Å². The number of nitrogens with zero attached hydrogens (tertiary/aromatic N) is 1. The number of aliphatic hydroxyl groups excluding tert-OH is 1. The van der Waals surface area contributed by atoms with Gasteiger partial charge in [0.2, 0.25) is 11.8 Å². The minimum absolute atomic E-state index is 0. The number of benzene rings is 2. The number of epoxide rings is 1. The van der Waals surface area contributed by atoms with E-state index in [1.807, 2.05) is 69.3 Å². The van der Waals surface area contributed by atoms with Gasteiger partial charge in [0.25, 0.3) is 5.91 Å². The first kappa shape index (κ1) is 209. The zero-order chi connectivity index (χ0) is 33.8. The van der Waals surface area contributed by atoms with Crippen LogP contribution in [-0.4, -0.2) is 71.5 Å². The molecule has 2 heterocycles. The van der Waals surface area contributed by atoms with Crippen LogP contribution in [0.5, 0.6) is 5.75 Å². The molecule has 2 aromatic carbocycles. The minimum atomic E-state index is -1.53. The van der Waals surface area contributed by atoms with E-state index < -0.39 is 35.7 Å². The van der Waals surface area contributed by atoms with E-state index in [1.165, 1.54) is 0 Å². The molecule has 3 aliphatic rings. The minimum Gasteiger partial charge on any atom is -0.497 e. The molecule has 11 heteroatoms. The molecule has 0 spiro atoms. The first-order valence-corrected chi connectivity index (χ1v) is 16.3. The number of methoxy groups -OCH3 is 1. The third kappa shape index (κ3) is 51.7. The van der Waals surface area contributed by atoms with Crippen molar-refractivity contribution in [2.24, 2.45) is 17.1 Å². The molecule has 0 aromatic heterocycles. The second-order valence-corrected chi connectivity index (χ2v) is 13.6. The molecule has 2 saturated heterocycles. The van der Waals surface area contributed by atoms with Crippen molar-refractivity contribution < 1.29 is 33.8 Å². The van der Waals surface area contributed by atoms with Gasteiger partial charge in [0.05, 0.1) is 31.8 Å². The molecule has 0 radical (unpaired) electrons. The molecular weight excluding hydrogens is 1020 g/mol. The quantitative estimate of drug-likeness (QED) is 0.0878. The second kappa shape index (κ2) is 90.8. The maximum absolute atomic E-state index is 14.2. The molecule has 3 fully saturated rings. The first-order valence-electron chi connectivity index (χ1n) is 16.3. The lowest BCUT2D eigenvalue weighted by atomic mass is 9.70. The highest BCUT2D eigenvalue weighted by Crippen LogP contribution is 2.53. The molecule has 2 aromatic rings. The number of nitrogens with one attached hydrogen (secondary N) is 2. The van der Waals surface area contributed by atoms with Gasteiger partial charge >= 0.3 is 0 Å². The molecule has 1 aliphatic carbocycles. The van der Waals surface area contributed by atoms with E-state index in [0.717, 1.165) is 16.7 Å². The van der Waals surface area contributed by atoms with Crippen molar-refractivity contribution >= 4 is 17.7 Å². The summed E-state index contributed by atoms with van der Waals surface area (Å²) in [5.41, 5.74) is 5.98. The van der Waals surface area contributed by atoms with Gasteiger partial charge in [-0.05, 0) is 62.9 Å². The number of hydrogen-bond donors (Lipinski definition) is 4. The molecule has 11 nitrogen and oxygen atoms in total. The SMILES string of the molecule is C.C.C.C.C.C.C.C.C.C.C.C.C.C.C.C.C.C.C.C.C.C.C.C.C.C.C.C.C.C.C.C.C.C.C.COc1ccc(CNC(=O)[C@@H]2[C@@H]3C(O)C4OC4C[C@]3(C(=O)NCCCCCC(N)=O)ON2Cc2ccccc2C#CC(C)(C)C)cc1. The first-order chi connectivity index (χ1) is 22.4. The number of hydroxylamine groups is 2. The van der Waals surface area contributed by atoms with Crippen LogP contribution in [0.4, 0.5) is 0 Å². The van der Waals surface area contributed by atoms with Crippen LogP contribution in [0.2, 0.25) is 0 Å². The van der Waals surface area contributed by atoms with Crippen LogP contribution < -0.4 is 21.1 Å². The van der Waals surface area contributed by atoms with Crippen LogP contribution in [0.15, 0.2) is 48.5 Å². The fourth-order valence-electron chi connectivity index (χ4n) is 6.42. The number of hydrogen-bond acceptors (Lipinski definition) is 8. The van der Waals surface area contributed by atoms with Crippen molar-refractivity contribution in [2.45, 2.75) is 356 Å². The molecule has 2 aliphatic heterocycles. The molecule has 3 unspecified atom stereocenters. The van der Waals surface area contributed by atoms with Crippen molar-refractivity contribution in [2.75, 3.05) is 13.7 Å². The monoisotopic (exact) mass is 1210 g/mol. The number of fused-ring (bicyclic) bond motifs is 2. The second-order valence-electron chi connectivity index (χ2n) is 13.6. The smallest absolute Gasteiger partial charge is 0.254 e. The van der Waals surface area contributed by atoms with Gasteiger partial charge < -0.3 is 30.9 Å². The lowest BCUT2D eigenvalue weighted by Crippen LogP contribution is -2.61. The maximum atomic E-state index is 14.2. The van der Waals surface area contributed by atoms with Crippen LogP contribution in [-0.2, 0) is 37.0 Å². The summed E-state index contributed by atoms with van der Waals surface area (Å²) in [6.07, 6.45) is 0.555. The summed E-state index contributed by atoms with van der Waals surface area (Å²) < 4.78 is 11.0. The number of amides is 3. The molecule has 0 bridgehead atoms. The zero-order valence-electron chi connectivity index (χ0n) is 27.6. The topological polar surface area (TPSA) is 156 Å². The fraction of sp³-hybridized carbons (Fsp3) is 0.761. The molecule has 5 N–H and O–H groups in total. The summed E-state index contributed by atoms with van der Waals surface area (Å²) >= 11 is 0. The predicted octanol–water partition coefficient (Wildman–Crippen LogP) is 24.8. The van der Waals surface area contributed by atoms with Gasteiger partial charge in [-0.2, -0.15) is 5.06 Å². The summed E-state index contributed by atoms with van der Waals surface area (Å²) in [7, 11) is 1.59. The Labute approximate surface area is 534 Å². The van der Waals surface area contributed by atoms with Crippen LogP contribution in [0, 0.1) is 23.2 Å². The lowest BCUT2D eigenvalue weighted by molar-refractivity contribution is -0.219. The van der Waals surface area contributed by atoms with Crippen LogP contribution >= 0.6 is 0 Å². The van der Waals surface area contributed by atoms with Crippen molar-refractivity contribution in [3.8, 4) is 17.6 Å². The molecule has 5 rings (SSSR count). The highest BCUT2D eigenvalue weighted by Gasteiger charge is 2.72. The lowest BCUT2D eigenvalue weighted by Gasteiger charge is -2.37. The molecular formula is C71H186N4O7. The number of unbranched alkanes of at least 4 members (excludes halogenated alkanes) is 2. The van der Waals surface area contributed by atoms with E-state index in [4.69, 9.17) is 20.0 Å². The number of carbonyl (C=O) groups excluding carboxylic acids is 3. The van der Waals surface area contributed by atoms with E-state index in [2.05, 4.69) is 22.5 Å². The fourth-order valence-corrected chi connectivity index (χ4v) is 6.42. The van der Waals surface area contributed by atoms with E-state index in [-0.39, 0.29) is 303 Å². The van der Waals surface area contributed by atoms with Gasteiger partial charge in [0, 0.05) is 36.9 Å². The van der Waals surface area contributed by atoms with E-state index in [0.29, 0.717) is 38.0 Å². The number of aliphatic hydroxyl groups is 1. The van der Waals surface area contributed by atoms with Gasteiger partial charge in [0.15, 0.2) is 5.60 Å². The van der Waals surface area contributed by atoms with E-state index >= 15 is 0 Å². The summed E-state index contributed by atoms with van der Waals surface area (Å²) in [6.45, 7) is 6.85. The molecule has 6 atom stereocenters. The number of rotatable bonds is 13. The Bertz CT molecular complexity index is 1520. The number of ether oxygens (including phenoxy) is 2. The zero-order valence-corrected chi connectivity index (χ0v) is 27.6. The Hall–Kier alpha value is -3.95. The number of primary amides is 1. The number of nitrogens with two attached hydrogens (primary N) is 1. The Morgan fingerprint density at radius 1 is 0.634 bits per heavy atom. The van der Waals surface area contributed by atoms with Crippen LogP contribution in [0.3, 0.4) is 0 Å². The summed E-state index contributed by atoms with van der Waals surface area (Å²) in [5.74, 6) is 5.23. The van der Waals surface area contributed by atoms with Gasteiger partial charge in [-0.15, -0.1) is 0 Å². The van der Waals surface area contributed by atoms with Crippen LogP contribution in [0.1, 0.15) is 329 Å². The summed E-state index contributed by atoms with van der Waals surface area (Å²) in [5, 5.41) is 19.1. The Morgan fingerprint density at radius 3 is 1.46 bits per heavy atom. The Balaban J connectivity index is -0.0000000256. The van der Waals surface area contributed by atoms with Crippen molar-refractivity contribution in [1.29, 1.82) is 0 Å². The third-order valence-corrected chi connectivity index (χ3v) is 8.88. The van der Waals surface area contributed by atoms with Crippen molar-refractivity contribution in [3.63, 3.8) is 0 Å². The molecule has 532 valence electrons. The van der Waals surface area contributed by atoms with Gasteiger partial charge in [-0.3, -0.25) is 19.2 Å². The highest BCUT2D eigenvalue weighted by molar-refractivity contribution is 5.90. The highest BCUT2D eigenvalue weighted by atomic mass is 16.7. The average Bonchev–Trinajstić information content (AvgIpc) is 3.74. The van der Waals surface area contributed by atoms with Crippen molar-refractivity contribution in [3.05, 3.63) is 65.2 Å². The standard InChI is InChI=1S/C36H46N4O7.35CH4/c1-35(2,3)18-17-24-10-7-8-11-25(24)22-40-30(33(43)39-21-23-13-15-26(45-4)16-14-23)29-31(42)32-27(46-32)20-36(29,47-40)34(44)38-19-9-5-6-12-28(37)41;;;;;;;;;;;;;;;;;;;;;;;;;;;;;;;;;;;/h7-8,10-11,13-16,27,29-32,42H,5-6,9,12,19-22H2,1-4H3,(H2,37,41)(H,38,44)(H,39,43);35*1H4/t27?,29-,30+,31?,32?,36+;;;;;;;;;;;;;;;;;;;;;;;;;;;;;;;;;;;/m1.................................../s1. The van der Waals surface area contributed by atoms with Crippen molar-refractivity contribution in [1.82, 2.24) is 15.7 Å². The number of carbonyl (C=O) groups is 3. The molecule has 82 heavy (non-hydrogen) atoms. The largest absolute Gasteiger partial charge is 0.497 e. The maximum Gasteiger partial charge on any atom is 0.254 e. The van der Waals surface area contributed by atoms with Crippen LogP contribution in [0.25, 0.3) is 0 Å². The van der Waals surface area contributed by atoms with Gasteiger partial charge in [-0.25, -0.2) is 0 Å². The van der Waals surface area contributed by atoms with E-state index in [1.54, 1.807) is 12.2 Å². The summed E-state index contributed by atoms with van der Waals surface area (Å²) in [6, 6.07) is 14.0. The Kier molecular flexibility index (Phi) is 232. The average molecular weight is 1210 g/mol. The van der Waals surface area contributed by atoms with E-state index in [9.17, 15) is 19.5 Å². The third-order valence-electron chi connectivity index (χ3n) is 8.88. The predicted molar refractivity (Wildman–Crippen MR) is 410 cm³/mol. The van der Waals surface area contributed by atoms with Gasteiger partial charge in [-0.1, -0.05) is 309 Å². The molecule has 3 amide bonds. The Morgan fingerprint density at radius 2 is 1.06 bits per heavy atom.